The zero-order valence-corrected chi connectivity index (χ0v) is 11.2. The van der Waals surface area contributed by atoms with Gasteiger partial charge in [0.15, 0.2) is 0 Å². The van der Waals surface area contributed by atoms with Gasteiger partial charge in [-0.2, -0.15) is 0 Å². The summed E-state index contributed by atoms with van der Waals surface area (Å²) in [4.78, 5) is 0. The first-order chi connectivity index (χ1) is 9.06. The Labute approximate surface area is 113 Å². The first kappa shape index (κ1) is 13.1. The lowest BCUT2D eigenvalue weighted by molar-refractivity contribution is 0.304. The van der Waals surface area contributed by atoms with E-state index in [-0.39, 0.29) is 5.84 Å². The van der Waals surface area contributed by atoms with Gasteiger partial charge in [-0.1, -0.05) is 42.0 Å². The molecule has 0 saturated carbocycles. The smallest absolute Gasteiger partial charge is 0.123 e. The number of rotatable bonds is 4. The van der Waals surface area contributed by atoms with Crippen molar-refractivity contribution < 1.29 is 4.74 Å². The van der Waals surface area contributed by atoms with Crippen LogP contribution in [0.5, 0.6) is 5.75 Å². The fourth-order valence-corrected chi connectivity index (χ4v) is 1.89. The van der Waals surface area contributed by atoms with Crippen LogP contribution in [0.3, 0.4) is 0 Å². The molecule has 0 amide bonds. The van der Waals surface area contributed by atoms with E-state index in [0.29, 0.717) is 12.2 Å². The molecule has 3 heteroatoms. The van der Waals surface area contributed by atoms with E-state index >= 15 is 0 Å². The van der Waals surface area contributed by atoms with Gasteiger partial charge >= 0.3 is 0 Å². The molecule has 2 aromatic carbocycles. The molecule has 0 spiro atoms. The number of amidine groups is 1. The molecule has 0 unspecified atom stereocenters. The maximum Gasteiger partial charge on any atom is 0.123 e. The van der Waals surface area contributed by atoms with Gasteiger partial charge < -0.3 is 10.5 Å². The Morgan fingerprint density at radius 2 is 1.95 bits per heavy atom. The second-order valence-corrected chi connectivity index (χ2v) is 4.67. The number of hydrogen-bond acceptors (Lipinski definition) is 2. The molecule has 0 atom stereocenters. The Morgan fingerprint density at radius 3 is 2.63 bits per heavy atom. The zero-order chi connectivity index (χ0) is 13.8. The third-order valence-electron chi connectivity index (χ3n) is 2.98. The minimum atomic E-state index is 0.0559. The van der Waals surface area contributed by atoms with Gasteiger partial charge in [-0.3, -0.25) is 5.41 Å². The number of nitrogens with two attached hydrogens (primary N) is 1. The molecule has 3 nitrogen and oxygen atoms in total. The summed E-state index contributed by atoms with van der Waals surface area (Å²) in [5.74, 6) is 0.828. The number of nitrogens with one attached hydrogen (secondary N) is 1. The Morgan fingerprint density at radius 1 is 1.16 bits per heavy atom. The van der Waals surface area contributed by atoms with Crippen molar-refractivity contribution >= 4 is 5.84 Å². The fourth-order valence-electron chi connectivity index (χ4n) is 1.89. The summed E-state index contributed by atoms with van der Waals surface area (Å²) >= 11 is 0. The summed E-state index contributed by atoms with van der Waals surface area (Å²) in [7, 11) is 0. The third-order valence-corrected chi connectivity index (χ3v) is 2.98. The molecule has 0 heterocycles. The van der Waals surface area contributed by atoms with Crippen LogP contribution in [0.15, 0.2) is 42.5 Å². The lowest BCUT2D eigenvalue weighted by Crippen LogP contribution is -2.11. The van der Waals surface area contributed by atoms with Gasteiger partial charge in [0.05, 0.1) is 0 Å². The van der Waals surface area contributed by atoms with Crippen LogP contribution < -0.4 is 10.5 Å². The summed E-state index contributed by atoms with van der Waals surface area (Å²) in [5, 5.41) is 7.45. The molecule has 0 aliphatic carbocycles. The van der Waals surface area contributed by atoms with Gasteiger partial charge in [-0.05, 0) is 31.0 Å². The number of ether oxygens (including phenoxy) is 1. The van der Waals surface area contributed by atoms with Crippen molar-refractivity contribution in [1.82, 2.24) is 0 Å². The number of hydrogen-bond donors (Lipinski definition) is 2. The number of nitrogen functional groups attached to an aromatic ring is 1. The fraction of sp³-hybridized carbons (Fsp3) is 0.188. The average Bonchev–Trinajstić information content (AvgIpc) is 2.37. The van der Waals surface area contributed by atoms with Crippen molar-refractivity contribution in [1.29, 1.82) is 5.41 Å². The SMILES string of the molecule is Cc1cccc(COc2cc(C(=N)N)ccc2C)c1. The minimum Gasteiger partial charge on any atom is -0.489 e. The van der Waals surface area contributed by atoms with Crippen molar-refractivity contribution in [3.8, 4) is 5.75 Å². The van der Waals surface area contributed by atoms with Crippen LogP contribution in [0, 0.1) is 19.3 Å². The maximum absolute atomic E-state index is 7.45. The third kappa shape index (κ3) is 3.35. The van der Waals surface area contributed by atoms with Crippen LogP contribution in [0.2, 0.25) is 0 Å². The summed E-state index contributed by atoms with van der Waals surface area (Å²) in [6, 6.07) is 13.8. The molecule has 0 aliphatic rings. The summed E-state index contributed by atoms with van der Waals surface area (Å²) < 4.78 is 5.82. The lowest BCUT2D eigenvalue weighted by atomic mass is 10.1. The highest BCUT2D eigenvalue weighted by Gasteiger charge is 2.04. The Bertz CT molecular complexity index is 605. The van der Waals surface area contributed by atoms with E-state index in [1.165, 1.54) is 5.56 Å². The largest absolute Gasteiger partial charge is 0.489 e. The summed E-state index contributed by atoms with van der Waals surface area (Å²) in [6.07, 6.45) is 0. The first-order valence-corrected chi connectivity index (χ1v) is 6.19. The predicted octanol–water partition coefficient (Wildman–Crippen LogP) is 3.17. The molecule has 0 bridgehead atoms. The predicted molar refractivity (Wildman–Crippen MR) is 77.7 cm³/mol. The van der Waals surface area contributed by atoms with Crippen molar-refractivity contribution in [2.24, 2.45) is 5.73 Å². The normalized spacial score (nSPS) is 10.2. The van der Waals surface area contributed by atoms with Gasteiger partial charge in [0, 0.05) is 5.56 Å². The number of benzene rings is 2. The second-order valence-electron chi connectivity index (χ2n) is 4.67. The van der Waals surface area contributed by atoms with Gasteiger partial charge in [-0.15, -0.1) is 0 Å². The van der Waals surface area contributed by atoms with Gasteiger partial charge in [0.2, 0.25) is 0 Å². The summed E-state index contributed by atoms with van der Waals surface area (Å²) in [6.45, 7) is 4.56. The van der Waals surface area contributed by atoms with E-state index in [4.69, 9.17) is 15.9 Å². The van der Waals surface area contributed by atoms with E-state index in [1.807, 2.05) is 37.3 Å². The standard InChI is InChI=1S/C16H18N2O/c1-11-4-3-5-13(8-11)10-19-15-9-14(16(17)18)7-6-12(15)2/h3-9H,10H2,1-2H3,(H3,17,18). The lowest BCUT2D eigenvalue weighted by Gasteiger charge is -2.11. The summed E-state index contributed by atoms with van der Waals surface area (Å²) in [5.41, 5.74) is 9.56. The minimum absolute atomic E-state index is 0.0559. The highest BCUT2D eigenvalue weighted by Crippen LogP contribution is 2.20. The van der Waals surface area contributed by atoms with Crippen LogP contribution >= 0.6 is 0 Å². The van der Waals surface area contributed by atoms with E-state index in [9.17, 15) is 0 Å². The molecule has 0 saturated heterocycles. The highest BCUT2D eigenvalue weighted by atomic mass is 16.5. The van der Waals surface area contributed by atoms with E-state index < -0.39 is 0 Å². The Balaban J connectivity index is 2.15. The average molecular weight is 254 g/mol. The van der Waals surface area contributed by atoms with Gasteiger partial charge in [-0.25, -0.2) is 0 Å². The van der Waals surface area contributed by atoms with E-state index in [2.05, 4.69) is 19.1 Å². The maximum atomic E-state index is 7.45. The van der Waals surface area contributed by atoms with Crippen LogP contribution in [0.25, 0.3) is 0 Å². The van der Waals surface area contributed by atoms with Crippen LogP contribution in [0.4, 0.5) is 0 Å². The quantitative estimate of drug-likeness (QED) is 0.650. The molecule has 0 aromatic heterocycles. The van der Waals surface area contributed by atoms with Gasteiger partial charge in [0.25, 0.3) is 0 Å². The topological polar surface area (TPSA) is 59.1 Å². The molecule has 0 aliphatic heterocycles. The number of aryl methyl sites for hydroxylation is 2. The van der Waals surface area contributed by atoms with Crippen molar-refractivity contribution in [3.63, 3.8) is 0 Å². The molecule has 19 heavy (non-hydrogen) atoms. The molecular weight excluding hydrogens is 236 g/mol. The van der Waals surface area contributed by atoms with Crippen molar-refractivity contribution in [3.05, 3.63) is 64.7 Å². The van der Waals surface area contributed by atoms with E-state index in [0.717, 1.165) is 16.9 Å². The first-order valence-electron chi connectivity index (χ1n) is 6.19. The molecule has 2 rings (SSSR count). The van der Waals surface area contributed by atoms with Crippen LogP contribution in [-0.2, 0) is 6.61 Å². The molecular formula is C16H18N2O. The van der Waals surface area contributed by atoms with Crippen LogP contribution in [-0.4, -0.2) is 5.84 Å². The van der Waals surface area contributed by atoms with Crippen molar-refractivity contribution in [2.45, 2.75) is 20.5 Å². The molecule has 3 N–H and O–H groups in total. The molecule has 0 fully saturated rings. The van der Waals surface area contributed by atoms with Gasteiger partial charge in [0.1, 0.15) is 18.2 Å². The molecule has 98 valence electrons. The Hall–Kier alpha value is -2.29. The molecule has 2 aromatic rings. The van der Waals surface area contributed by atoms with Crippen LogP contribution in [0.1, 0.15) is 22.3 Å². The van der Waals surface area contributed by atoms with E-state index in [1.54, 1.807) is 0 Å². The molecule has 0 radical (unpaired) electrons. The zero-order valence-electron chi connectivity index (χ0n) is 11.2. The highest BCUT2D eigenvalue weighted by molar-refractivity contribution is 5.95. The second kappa shape index (κ2) is 5.57. The Kier molecular flexibility index (Phi) is 3.85. The van der Waals surface area contributed by atoms with Crippen molar-refractivity contribution in [2.75, 3.05) is 0 Å². The monoisotopic (exact) mass is 254 g/mol.